The predicted octanol–water partition coefficient (Wildman–Crippen LogP) is 6.51. The molecule has 2 aromatic carbocycles. The van der Waals surface area contributed by atoms with Crippen LogP contribution >= 0.6 is 11.6 Å². The molecule has 0 fully saturated rings. The van der Waals surface area contributed by atoms with E-state index in [9.17, 15) is 13.2 Å². The van der Waals surface area contributed by atoms with Gasteiger partial charge in [0.25, 0.3) is 0 Å². The lowest BCUT2D eigenvalue weighted by Gasteiger charge is -2.14. The molecule has 9 heteroatoms. The number of hydrogen-bond donors (Lipinski definition) is 2. The number of halogens is 4. The quantitative estimate of drug-likeness (QED) is 0.492. The molecule has 0 bridgehead atoms. The van der Waals surface area contributed by atoms with Crippen LogP contribution in [0.1, 0.15) is 17.5 Å². The molecule has 2 heterocycles. The van der Waals surface area contributed by atoms with Crippen molar-refractivity contribution < 1.29 is 17.9 Å². The minimum atomic E-state index is -4.45. The molecule has 1 aromatic heterocycles. The number of ether oxygens (including phenoxy) is 1. The van der Waals surface area contributed by atoms with E-state index < -0.39 is 11.7 Å². The average Bonchev–Trinajstić information content (AvgIpc) is 2.96. The summed E-state index contributed by atoms with van der Waals surface area (Å²) in [5.74, 6) is 1.62. The molecule has 0 saturated heterocycles. The zero-order chi connectivity index (χ0) is 21.1. The van der Waals surface area contributed by atoms with Crippen molar-refractivity contribution >= 4 is 35.0 Å². The Labute approximate surface area is 175 Å². The van der Waals surface area contributed by atoms with Crippen LogP contribution in [0, 0.1) is 0 Å². The van der Waals surface area contributed by atoms with Gasteiger partial charge in [-0.25, -0.2) is 9.97 Å². The Morgan fingerprint density at radius 1 is 1.10 bits per heavy atom. The van der Waals surface area contributed by atoms with Crippen molar-refractivity contribution in [2.24, 2.45) is 0 Å². The Morgan fingerprint density at radius 2 is 1.97 bits per heavy atom. The highest BCUT2D eigenvalue weighted by molar-refractivity contribution is 6.32. The third kappa shape index (κ3) is 4.49. The fourth-order valence-corrected chi connectivity index (χ4v) is 3.15. The van der Waals surface area contributed by atoms with Gasteiger partial charge >= 0.3 is 6.18 Å². The third-order valence-corrected chi connectivity index (χ3v) is 4.65. The van der Waals surface area contributed by atoms with E-state index in [1.165, 1.54) is 18.5 Å². The lowest BCUT2D eigenvalue weighted by atomic mass is 10.2. The van der Waals surface area contributed by atoms with E-state index in [0.717, 1.165) is 36.5 Å². The first kappa shape index (κ1) is 20.0. The summed E-state index contributed by atoms with van der Waals surface area (Å²) in [5.41, 5.74) is 0.686. The van der Waals surface area contributed by atoms with Gasteiger partial charge in [0, 0.05) is 12.2 Å². The number of hydrogen-bond acceptors (Lipinski definition) is 5. The Kier molecular flexibility index (Phi) is 5.50. The van der Waals surface area contributed by atoms with Crippen LogP contribution < -0.4 is 15.4 Å². The number of aromatic nitrogens is 2. The SMILES string of the molecule is FC(F)(F)c1cccc(Oc2ccc(Nc3ncnc4c3C=CCCN4)cc2Cl)c1. The summed E-state index contributed by atoms with van der Waals surface area (Å²) in [4.78, 5) is 8.53. The van der Waals surface area contributed by atoms with Crippen LogP contribution in [0.15, 0.2) is 54.9 Å². The number of rotatable bonds is 4. The minimum absolute atomic E-state index is 0.0461. The van der Waals surface area contributed by atoms with Crippen LogP contribution in [-0.4, -0.2) is 16.5 Å². The van der Waals surface area contributed by atoms with Crippen molar-refractivity contribution in [1.29, 1.82) is 0 Å². The molecule has 5 nitrogen and oxygen atoms in total. The van der Waals surface area contributed by atoms with Crippen molar-refractivity contribution in [1.82, 2.24) is 9.97 Å². The smallest absolute Gasteiger partial charge is 0.416 e. The highest BCUT2D eigenvalue weighted by Crippen LogP contribution is 2.36. The van der Waals surface area contributed by atoms with Crippen LogP contribution in [0.4, 0.5) is 30.5 Å². The number of nitrogens with zero attached hydrogens (tertiary/aromatic N) is 2. The first-order valence-corrected chi connectivity index (χ1v) is 9.45. The van der Waals surface area contributed by atoms with Crippen LogP contribution in [0.3, 0.4) is 0 Å². The molecule has 4 rings (SSSR count). The van der Waals surface area contributed by atoms with E-state index in [-0.39, 0.29) is 16.5 Å². The first-order chi connectivity index (χ1) is 14.4. The number of nitrogens with one attached hydrogen (secondary N) is 2. The van der Waals surface area contributed by atoms with Crippen LogP contribution in [0.2, 0.25) is 5.02 Å². The fourth-order valence-electron chi connectivity index (χ4n) is 2.93. The van der Waals surface area contributed by atoms with Gasteiger partial charge in [0.2, 0.25) is 0 Å². The van der Waals surface area contributed by atoms with Gasteiger partial charge in [0.05, 0.1) is 16.1 Å². The molecule has 2 N–H and O–H groups in total. The van der Waals surface area contributed by atoms with E-state index in [1.54, 1.807) is 18.2 Å². The maximum absolute atomic E-state index is 12.9. The largest absolute Gasteiger partial charge is 0.456 e. The van der Waals surface area contributed by atoms with Gasteiger partial charge in [0.1, 0.15) is 29.5 Å². The van der Waals surface area contributed by atoms with Gasteiger partial charge in [-0.15, -0.1) is 0 Å². The topological polar surface area (TPSA) is 59.1 Å². The summed E-state index contributed by atoms with van der Waals surface area (Å²) in [7, 11) is 0. The molecule has 0 radical (unpaired) electrons. The second-order valence-corrected chi connectivity index (χ2v) is 6.91. The molecule has 0 saturated carbocycles. The summed E-state index contributed by atoms with van der Waals surface area (Å²) < 4.78 is 44.2. The van der Waals surface area contributed by atoms with Gasteiger partial charge in [0.15, 0.2) is 0 Å². The van der Waals surface area contributed by atoms with Gasteiger partial charge in [-0.2, -0.15) is 13.2 Å². The molecule has 30 heavy (non-hydrogen) atoms. The monoisotopic (exact) mass is 432 g/mol. The third-order valence-electron chi connectivity index (χ3n) is 4.36. The number of benzene rings is 2. The van der Waals surface area contributed by atoms with E-state index in [2.05, 4.69) is 20.6 Å². The van der Waals surface area contributed by atoms with Gasteiger partial charge in [-0.3, -0.25) is 0 Å². The average molecular weight is 433 g/mol. The molecule has 0 atom stereocenters. The second-order valence-electron chi connectivity index (χ2n) is 6.50. The first-order valence-electron chi connectivity index (χ1n) is 9.07. The zero-order valence-electron chi connectivity index (χ0n) is 15.5. The van der Waals surface area contributed by atoms with Gasteiger partial charge < -0.3 is 15.4 Å². The van der Waals surface area contributed by atoms with E-state index >= 15 is 0 Å². The molecule has 0 unspecified atom stereocenters. The summed E-state index contributed by atoms with van der Waals surface area (Å²) in [5, 5.41) is 6.67. The molecule has 0 spiro atoms. The van der Waals surface area contributed by atoms with Crippen molar-refractivity contribution in [3.8, 4) is 11.5 Å². The number of anilines is 3. The maximum atomic E-state index is 12.9. The Hall–Kier alpha value is -3.26. The summed E-state index contributed by atoms with van der Waals surface area (Å²) in [6.45, 7) is 0.785. The van der Waals surface area contributed by atoms with Gasteiger partial charge in [-0.1, -0.05) is 29.8 Å². The van der Waals surface area contributed by atoms with Crippen molar-refractivity contribution in [2.75, 3.05) is 17.2 Å². The standard InChI is InChI=1S/C21H16ClF3N4O/c22-17-11-14(29-20-16-6-1-2-9-26-19(16)27-12-28-20)7-8-18(17)30-15-5-3-4-13(10-15)21(23,24)25/h1,3-8,10-12H,2,9H2,(H2,26,27,28,29). The van der Waals surface area contributed by atoms with Crippen molar-refractivity contribution in [2.45, 2.75) is 12.6 Å². The lowest BCUT2D eigenvalue weighted by molar-refractivity contribution is -0.137. The fraction of sp³-hybridized carbons (Fsp3) is 0.143. The van der Waals surface area contributed by atoms with Crippen molar-refractivity contribution in [3.63, 3.8) is 0 Å². The van der Waals surface area contributed by atoms with Crippen LogP contribution in [-0.2, 0) is 6.18 Å². The Morgan fingerprint density at radius 3 is 2.77 bits per heavy atom. The molecular weight excluding hydrogens is 417 g/mol. The Balaban J connectivity index is 1.55. The zero-order valence-corrected chi connectivity index (χ0v) is 16.3. The Bertz CT molecular complexity index is 1100. The predicted molar refractivity (Wildman–Crippen MR) is 110 cm³/mol. The molecule has 154 valence electrons. The molecule has 0 amide bonds. The van der Waals surface area contributed by atoms with E-state index in [1.807, 2.05) is 12.2 Å². The maximum Gasteiger partial charge on any atom is 0.416 e. The second kappa shape index (κ2) is 8.23. The minimum Gasteiger partial charge on any atom is -0.456 e. The molecule has 0 aliphatic carbocycles. The highest BCUT2D eigenvalue weighted by atomic mass is 35.5. The van der Waals surface area contributed by atoms with E-state index in [0.29, 0.717) is 11.5 Å². The highest BCUT2D eigenvalue weighted by Gasteiger charge is 2.30. The summed E-state index contributed by atoms with van der Waals surface area (Å²) in [6, 6.07) is 9.54. The number of fused-ring (bicyclic) bond motifs is 1. The normalized spacial score (nSPS) is 13.2. The molecule has 1 aliphatic heterocycles. The molecular formula is C21H16ClF3N4O. The summed E-state index contributed by atoms with van der Waals surface area (Å²) >= 11 is 6.30. The van der Waals surface area contributed by atoms with Crippen LogP contribution in [0.5, 0.6) is 11.5 Å². The lowest BCUT2D eigenvalue weighted by Crippen LogP contribution is -2.05. The number of alkyl halides is 3. The van der Waals surface area contributed by atoms with Crippen molar-refractivity contribution in [3.05, 3.63) is 71.0 Å². The molecule has 3 aromatic rings. The van der Waals surface area contributed by atoms with E-state index in [4.69, 9.17) is 16.3 Å². The van der Waals surface area contributed by atoms with Gasteiger partial charge in [-0.05, 0) is 42.8 Å². The summed E-state index contributed by atoms with van der Waals surface area (Å²) in [6.07, 6.45) is 1.87. The molecule has 1 aliphatic rings. The van der Waals surface area contributed by atoms with Crippen LogP contribution in [0.25, 0.3) is 6.08 Å².